The number of likely N-dealkylation sites (tertiary alicyclic amines) is 1. The smallest absolute Gasteiger partial charge is 0.226 e. The minimum absolute atomic E-state index is 0.00558. The number of halogens is 1. The molecular weight excluding hydrogens is 338 g/mol. The number of amides is 2. The number of hydrogen-bond acceptors (Lipinski definition) is 3. The second kappa shape index (κ2) is 6.61. The van der Waals surface area contributed by atoms with E-state index in [1.54, 1.807) is 11.9 Å². The molecule has 0 radical (unpaired) electrons. The lowest BCUT2D eigenvalue weighted by atomic mass is 9.91. The molecule has 3 aliphatic rings. The Balaban J connectivity index is 1.51. The van der Waals surface area contributed by atoms with Gasteiger partial charge in [0.05, 0.1) is 12.0 Å². The lowest BCUT2D eigenvalue weighted by Crippen LogP contribution is -2.49. The van der Waals surface area contributed by atoms with Crippen LogP contribution in [0.15, 0.2) is 24.3 Å². The van der Waals surface area contributed by atoms with Crippen LogP contribution in [0.1, 0.15) is 43.7 Å². The fraction of sp³-hybridized carbons (Fsp3) is 0.579. The van der Waals surface area contributed by atoms with Gasteiger partial charge in [0.2, 0.25) is 11.8 Å². The normalized spacial score (nSPS) is 34.4. The number of rotatable bonds is 3. The van der Waals surface area contributed by atoms with Gasteiger partial charge < -0.3 is 15.5 Å². The predicted molar refractivity (Wildman–Crippen MR) is 96.2 cm³/mol. The second-order valence-corrected chi connectivity index (χ2v) is 8.07. The zero-order chi connectivity index (χ0) is 17.6. The van der Waals surface area contributed by atoms with Gasteiger partial charge in [-0.05, 0) is 43.4 Å². The van der Waals surface area contributed by atoms with Crippen LogP contribution < -0.4 is 10.6 Å². The zero-order valence-corrected chi connectivity index (χ0v) is 15.1. The molecule has 2 bridgehead atoms. The predicted octanol–water partition coefficient (Wildman–Crippen LogP) is 2.26. The quantitative estimate of drug-likeness (QED) is 0.868. The van der Waals surface area contributed by atoms with Crippen LogP contribution in [0.2, 0.25) is 5.02 Å². The monoisotopic (exact) mass is 361 g/mol. The Morgan fingerprint density at radius 1 is 1.28 bits per heavy atom. The van der Waals surface area contributed by atoms with Crippen LogP contribution in [0.4, 0.5) is 0 Å². The minimum Gasteiger partial charge on any atom is -0.353 e. The van der Waals surface area contributed by atoms with E-state index in [1.807, 2.05) is 24.3 Å². The van der Waals surface area contributed by atoms with Crippen molar-refractivity contribution >= 4 is 23.4 Å². The number of nitrogens with zero attached hydrogens (tertiary/aromatic N) is 1. The first-order valence-electron chi connectivity index (χ1n) is 9.09. The van der Waals surface area contributed by atoms with Gasteiger partial charge in [-0.1, -0.05) is 23.7 Å². The van der Waals surface area contributed by atoms with Gasteiger partial charge in [-0.3, -0.25) is 9.59 Å². The summed E-state index contributed by atoms with van der Waals surface area (Å²) in [5.74, 6) is -0.354. The van der Waals surface area contributed by atoms with E-state index in [2.05, 4.69) is 10.6 Å². The topological polar surface area (TPSA) is 61.4 Å². The maximum Gasteiger partial charge on any atom is 0.226 e. The maximum atomic E-state index is 13.0. The lowest BCUT2D eigenvalue weighted by molar-refractivity contribution is -0.128. The molecule has 0 spiro atoms. The van der Waals surface area contributed by atoms with E-state index in [0.29, 0.717) is 17.1 Å². The fourth-order valence-electron chi connectivity index (χ4n) is 4.73. The second-order valence-electron chi connectivity index (χ2n) is 7.63. The van der Waals surface area contributed by atoms with Gasteiger partial charge in [0, 0.05) is 36.6 Å². The highest BCUT2D eigenvalue weighted by atomic mass is 35.5. The van der Waals surface area contributed by atoms with Gasteiger partial charge in [-0.2, -0.15) is 0 Å². The summed E-state index contributed by atoms with van der Waals surface area (Å²) in [4.78, 5) is 26.9. The molecule has 25 heavy (non-hydrogen) atoms. The number of hydrogen-bond donors (Lipinski definition) is 2. The molecule has 4 atom stereocenters. The van der Waals surface area contributed by atoms with Gasteiger partial charge in [0.25, 0.3) is 0 Å². The molecular formula is C19H24ClN3O2. The van der Waals surface area contributed by atoms with Crippen molar-refractivity contribution in [2.75, 3.05) is 7.05 Å². The van der Waals surface area contributed by atoms with Gasteiger partial charge in [-0.25, -0.2) is 0 Å². The van der Waals surface area contributed by atoms with Crippen molar-refractivity contribution in [1.29, 1.82) is 0 Å². The summed E-state index contributed by atoms with van der Waals surface area (Å²) in [6, 6.07) is 8.50. The molecule has 5 nitrogen and oxygen atoms in total. The van der Waals surface area contributed by atoms with Gasteiger partial charge in [0.15, 0.2) is 0 Å². The van der Waals surface area contributed by atoms with E-state index in [9.17, 15) is 9.59 Å². The first kappa shape index (κ1) is 16.9. The first-order valence-corrected chi connectivity index (χ1v) is 9.46. The molecule has 1 aromatic rings. The first-order chi connectivity index (χ1) is 12.0. The number of nitrogens with one attached hydrogen (secondary N) is 2. The van der Waals surface area contributed by atoms with Crippen molar-refractivity contribution in [3.05, 3.63) is 34.9 Å². The third kappa shape index (κ3) is 3.27. The van der Waals surface area contributed by atoms with Crippen LogP contribution in [0.5, 0.6) is 0 Å². The number of benzene rings is 1. The van der Waals surface area contributed by atoms with Crippen LogP contribution in [-0.4, -0.2) is 41.9 Å². The molecule has 1 aromatic carbocycles. The fourth-order valence-corrected chi connectivity index (χ4v) is 4.93. The molecule has 4 unspecified atom stereocenters. The van der Waals surface area contributed by atoms with Crippen molar-refractivity contribution in [2.24, 2.45) is 5.92 Å². The molecule has 0 aromatic heterocycles. The molecule has 2 amide bonds. The summed E-state index contributed by atoms with van der Waals surface area (Å²) in [6.45, 7) is 0. The maximum absolute atomic E-state index is 13.0. The molecule has 3 fully saturated rings. The Morgan fingerprint density at radius 3 is 2.68 bits per heavy atom. The Morgan fingerprint density at radius 2 is 2.00 bits per heavy atom. The minimum atomic E-state index is -0.358. The molecule has 0 aliphatic carbocycles. The molecule has 3 aliphatic heterocycles. The Hall–Kier alpha value is -1.59. The largest absolute Gasteiger partial charge is 0.353 e. The molecule has 0 saturated carbocycles. The Kier molecular flexibility index (Phi) is 4.46. The summed E-state index contributed by atoms with van der Waals surface area (Å²) < 4.78 is 0. The third-order valence-electron chi connectivity index (χ3n) is 5.93. The summed E-state index contributed by atoms with van der Waals surface area (Å²) in [7, 11) is 1.77. The third-order valence-corrected chi connectivity index (χ3v) is 6.17. The van der Waals surface area contributed by atoms with E-state index < -0.39 is 0 Å². The highest BCUT2D eigenvalue weighted by molar-refractivity contribution is 6.30. The molecule has 3 saturated heterocycles. The van der Waals surface area contributed by atoms with E-state index in [-0.39, 0.29) is 36.2 Å². The number of fused-ring (bicyclic) bond motifs is 2. The van der Waals surface area contributed by atoms with Crippen LogP contribution in [0.3, 0.4) is 0 Å². The molecule has 134 valence electrons. The average Bonchev–Trinajstić information content (AvgIpc) is 3.07. The van der Waals surface area contributed by atoms with Crippen LogP contribution in [0, 0.1) is 5.92 Å². The van der Waals surface area contributed by atoms with Crippen LogP contribution in [0.25, 0.3) is 0 Å². The van der Waals surface area contributed by atoms with E-state index in [1.165, 1.54) is 12.8 Å². The molecule has 4 rings (SSSR count). The summed E-state index contributed by atoms with van der Waals surface area (Å²) in [5, 5.41) is 7.44. The van der Waals surface area contributed by atoms with Gasteiger partial charge in [0.1, 0.15) is 0 Å². The van der Waals surface area contributed by atoms with E-state index in [4.69, 9.17) is 11.6 Å². The van der Waals surface area contributed by atoms with E-state index >= 15 is 0 Å². The van der Waals surface area contributed by atoms with Crippen LogP contribution in [-0.2, 0) is 9.59 Å². The highest BCUT2D eigenvalue weighted by Gasteiger charge is 2.44. The summed E-state index contributed by atoms with van der Waals surface area (Å²) in [6.07, 6.45) is 4.64. The number of carbonyl (C=O) groups excluding carboxylic acids is 2. The zero-order valence-electron chi connectivity index (χ0n) is 14.4. The number of piperidine rings is 1. The molecule has 6 heteroatoms. The molecule has 3 heterocycles. The van der Waals surface area contributed by atoms with Crippen molar-refractivity contribution in [1.82, 2.24) is 15.5 Å². The molecule has 2 N–H and O–H groups in total. The van der Waals surface area contributed by atoms with Crippen molar-refractivity contribution in [2.45, 2.75) is 56.3 Å². The SMILES string of the molecule is CN1C(=O)CC(C(=O)NC2CC3CCC(C2)N3)C1c1cccc(Cl)c1. The van der Waals surface area contributed by atoms with Gasteiger partial charge in [-0.15, -0.1) is 0 Å². The number of carbonyl (C=O) groups is 2. The van der Waals surface area contributed by atoms with Crippen LogP contribution >= 0.6 is 11.6 Å². The summed E-state index contributed by atoms with van der Waals surface area (Å²) in [5.41, 5.74) is 0.923. The lowest BCUT2D eigenvalue weighted by Gasteiger charge is -2.31. The Labute approximate surface area is 153 Å². The standard InChI is InChI=1S/C19H24ClN3O2/c1-23-17(24)10-16(18(23)11-3-2-4-12(20)7-11)19(25)22-15-8-13-5-6-14(9-15)21-13/h2-4,7,13-16,18,21H,5-6,8-10H2,1H3,(H,22,25). The van der Waals surface area contributed by atoms with E-state index in [0.717, 1.165) is 18.4 Å². The average molecular weight is 362 g/mol. The van der Waals surface area contributed by atoms with Crippen molar-refractivity contribution < 1.29 is 9.59 Å². The Bertz CT molecular complexity index is 683. The highest BCUT2D eigenvalue weighted by Crippen LogP contribution is 2.38. The van der Waals surface area contributed by atoms with Crippen molar-refractivity contribution in [3.8, 4) is 0 Å². The van der Waals surface area contributed by atoms with Crippen molar-refractivity contribution in [3.63, 3.8) is 0 Å². The van der Waals surface area contributed by atoms with Gasteiger partial charge >= 0.3 is 0 Å². The summed E-state index contributed by atoms with van der Waals surface area (Å²) >= 11 is 6.12.